The molecule has 0 radical (unpaired) electrons. The summed E-state index contributed by atoms with van der Waals surface area (Å²) in [6, 6.07) is 22.6. The SMILES string of the molecule is O=C(O)c1ccc2c(C3CCCCC3)c(-c3ccc4nc(-c5cc6cccc(O)c6o5)ccc4c3)n(CC(=O)N3CCOCC3)c2c1. The van der Waals surface area contributed by atoms with Crippen LogP contribution in [0.3, 0.4) is 0 Å². The number of hydrogen-bond acceptors (Lipinski definition) is 6. The van der Waals surface area contributed by atoms with Gasteiger partial charge in [-0.2, -0.15) is 0 Å². The molecule has 3 aromatic heterocycles. The second kappa shape index (κ2) is 11.9. The van der Waals surface area contributed by atoms with Crippen molar-refractivity contribution in [3.8, 4) is 28.5 Å². The van der Waals surface area contributed by atoms with Gasteiger partial charge in [-0.25, -0.2) is 9.78 Å². The molecule has 0 bridgehead atoms. The van der Waals surface area contributed by atoms with Crippen LogP contribution in [0.5, 0.6) is 5.75 Å². The third kappa shape index (κ3) is 5.30. The van der Waals surface area contributed by atoms with Crippen LogP contribution >= 0.6 is 0 Å². The van der Waals surface area contributed by atoms with Crippen LogP contribution in [-0.4, -0.2) is 62.8 Å². The summed E-state index contributed by atoms with van der Waals surface area (Å²) >= 11 is 0. The summed E-state index contributed by atoms with van der Waals surface area (Å²) in [5.74, 6) is -0.0372. The fraction of sp³-hybridized carbons (Fsp3) is 0.289. The summed E-state index contributed by atoms with van der Waals surface area (Å²) in [5.41, 5.74) is 5.97. The van der Waals surface area contributed by atoms with Gasteiger partial charge in [0, 0.05) is 29.2 Å². The number of nitrogens with zero attached hydrogens (tertiary/aromatic N) is 3. The molecule has 8 rings (SSSR count). The standard InChI is InChI=1S/C38H35N3O6/c42-32-8-4-7-26-21-33(47-37(26)32)30-14-10-24-19-25(11-13-29(24)39-30)36-35(23-5-2-1-3-6-23)28-12-9-27(38(44)45)20-31(28)41(36)22-34(43)40-15-17-46-18-16-40/h4,7-14,19-21,23,42H,1-3,5-6,15-18,22H2,(H,44,45). The lowest BCUT2D eigenvalue weighted by Crippen LogP contribution is -2.42. The molecule has 1 saturated heterocycles. The fourth-order valence-electron chi connectivity index (χ4n) is 7.42. The lowest BCUT2D eigenvalue weighted by molar-refractivity contribution is -0.135. The lowest BCUT2D eigenvalue weighted by atomic mass is 9.81. The van der Waals surface area contributed by atoms with Gasteiger partial charge < -0.3 is 28.8 Å². The first-order valence-corrected chi connectivity index (χ1v) is 16.3. The molecule has 9 nitrogen and oxygen atoms in total. The highest BCUT2D eigenvalue weighted by Crippen LogP contribution is 2.45. The van der Waals surface area contributed by atoms with E-state index in [0.29, 0.717) is 49.3 Å². The van der Waals surface area contributed by atoms with E-state index in [9.17, 15) is 19.8 Å². The summed E-state index contributed by atoms with van der Waals surface area (Å²) < 4.78 is 13.5. The number of carboxylic acid groups (broad SMARTS) is 1. The highest BCUT2D eigenvalue weighted by molar-refractivity contribution is 6.00. The van der Waals surface area contributed by atoms with E-state index < -0.39 is 5.97 Å². The second-order valence-electron chi connectivity index (χ2n) is 12.6. The third-order valence-electron chi connectivity index (χ3n) is 9.76. The number of para-hydroxylation sites is 1. The van der Waals surface area contributed by atoms with Gasteiger partial charge in [-0.05, 0) is 72.4 Å². The van der Waals surface area contributed by atoms with Gasteiger partial charge in [0.15, 0.2) is 17.1 Å². The number of carbonyl (C=O) groups is 2. The molecule has 0 atom stereocenters. The van der Waals surface area contributed by atoms with Crippen molar-refractivity contribution in [2.24, 2.45) is 0 Å². The smallest absolute Gasteiger partial charge is 0.335 e. The van der Waals surface area contributed by atoms with Gasteiger partial charge in [-0.15, -0.1) is 0 Å². The van der Waals surface area contributed by atoms with Crippen molar-refractivity contribution in [3.05, 3.63) is 83.9 Å². The van der Waals surface area contributed by atoms with Crippen LogP contribution in [0.15, 0.2) is 77.2 Å². The van der Waals surface area contributed by atoms with Crippen LogP contribution in [0.25, 0.3) is 55.5 Å². The molecular formula is C38H35N3O6. The van der Waals surface area contributed by atoms with Gasteiger partial charge in [-0.3, -0.25) is 4.79 Å². The van der Waals surface area contributed by atoms with Crippen molar-refractivity contribution < 1.29 is 29.0 Å². The minimum Gasteiger partial charge on any atom is -0.504 e. The number of aromatic nitrogens is 2. The van der Waals surface area contributed by atoms with E-state index in [0.717, 1.165) is 64.1 Å². The Hall–Kier alpha value is -5.15. The maximum atomic E-state index is 13.8. The molecule has 238 valence electrons. The zero-order valence-electron chi connectivity index (χ0n) is 25.9. The Labute approximate surface area is 271 Å². The van der Waals surface area contributed by atoms with Crippen molar-refractivity contribution >= 4 is 44.7 Å². The molecule has 6 aromatic rings. The molecular weight excluding hydrogens is 594 g/mol. The number of furan rings is 1. The molecule has 1 aliphatic carbocycles. The number of amides is 1. The first-order valence-electron chi connectivity index (χ1n) is 16.3. The van der Waals surface area contributed by atoms with Gasteiger partial charge in [0.2, 0.25) is 5.91 Å². The van der Waals surface area contributed by atoms with E-state index in [-0.39, 0.29) is 23.8 Å². The first-order chi connectivity index (χ1) is 22.9. The summed E-state index contributed by atoms with van der Waals surface area (Å²) in [5, 5.41) is 22.9. The van der Waals surface area contributed by atoms with E-state index in [1.807, 2.05) is 45.9 Å². The fourth-order valence-corrected chi connectivity index (χ4v) is 7.42. The number of benzene rings is 3. The van der Waals surface area contributed by atoms with Crippen LogP contribution in [0, 0.1) is 0 Å². The minimum absolute atomic E-state index is 0.00802. The van der Waals surface area contributed by atoms with Crippen LogP contribution in [0.1, 0.15) is 53.9 Å². The Morgan fingerprint density at radius 1 is 0.894 bits per heavy atom. The van der Waals surface area contributed by atoms with E-state index in [1.165, 1.54) is 12.0 Å². The second-order valence-corrected chi connectivity index (χ2v) is 12.6. The molecule has 9 heteroatoms. The number of pyridine rings is 1. The topological polar surface area (TPSA) is 118 Å². The number of carboxylic acids is 1. The predicted octanol–water partition coefficient (Wildman–Crippen LogP) is 7.58. The summed E-state index contributed by atoms with van der Waals surface area (Å²) in [6.45, 7) is 2.21. The Morgan fingerprint density at radius 2 is 1.72 bits per heavy atom. The Morgan fingerprint density at radius 3 is 2.51 bits per heavy atom. The monoisotopic (exact) mass is 629 g/mol. The number of morpholine rings is 1. The molecule has 3 aromatic carbocycles. The van der Waals surface area contributed by atoms with Gasteiger partial charge in [-0.1, -0.05) is 49.6 Å². The van der Waals surface area contributed by atoms with E-state index >= 15 is 0 Å². The number of hydrogen-bond donors (Lipinski definition) is 2. The Kier molecular flexibility index (Phi) is 7.41. The van der Waals surface area contributed by atoms with Gasteiger partial charge >= 0.3 is 5.97 Å². The zero-order valence-corrected chi connectivity index (χ0v) is 25.9. The highest BCUT2D eigenvalue weighted by atomic mass is 16.5. The number of fused-ring (bicyclic) bond motifs is 3. The van der Waals surface area contributed by atoms with Crippen molar-refractivity contribution in [2.75, 3.05) is 26.3 Å². The molecule has 2 fully saturated rings. The summed E-state index contributed by atoms with van der Waals surface area (Å²) in [4.78, 5) is 32.6. The molecule has 0 unspecified atom stereocenters. The van der Waals surface area contributed by atoms with Crippen molar-refractivity contribution in [1.82, 2.24) is 14.5 Å². The van der Waals surface area contributed by atoms with Crippen LogP contribution in [0.2, 0.25) is 0 Å². The average Bonchev–Trinajstić information content (AvgIpc) is 3.69. The highest BCUT2D eigenvalue weighted by Gasteiger charge is 2.29. The Bertz CT molecular complexity index is 2170. The van der Waals surface area contributed by atoms with Crippen LogP contribution in [-0.2, 0) is 16.1 Å². The molecule has 2 aliphatic rings. The van der Waals surface area contributed by atoms with Crippen molar-refractivity contribution in [2.45, 2.75) is 44.6 Å². The first kappa shape index (κ1) is 29.3. The Balaban J connectivity index is 1.28. The molecule has 2 N–H and O–H groups in total. The van der Waals surface area contributed by atoms with Gasteiger partial charge in [0.1, 0.15) is 12.2 Å². The molecule has 0 spiro atoms. The quantitative estimate of drug-likeness (QED) is 0.195. The largest absolute Gasteiger partial charge is 0.504 e. The predicted molar refractivity (Wildman–Crippen MR) is 180 cm³/mol. The number of aromatic hydroxyl groups is 1. The molecule has 1 saturated carbocycles. The van der Waals surface area contributed by atoms with E-state index in [4.69, 9.17) is 14.1 Å². The lowest BCUT2D eigenvalue weighted by Gasteiger charge is -2.28. The molecule has 1 aliphatic heterocycles. The van der Waals surface area contributed by atoms with E-state index in [1.54, 1.807) is 24.3 Å². The van der Waals surface area contributed by atoms with E-state index in [2.05, 4.69) is 12.1 Å². The molecule has 4 heterocycles. The minimum atomic E-state index is -0.993. The van der Waals surface area contributed by atoms with Crippen molar-refractivity contribution in [3.63, 3.8) is 0 Å². The van der Waals surface area contributed by atoms with Gasteiger partial charge in [0.25, 0.3) is 0 Å². The van der Waals surface area contributed by atoms with Crippen molar-refractivity contribution in [1.29, 1.82) is 0 Å². The number of aromatic carboxylic acids is 1. The van der Waals surface area contributed by atoms with Crippen LogP contribution in [0.4, 0.5) is 0 Å². The number of carbonyl (C=O) groups excluding carboxylic acids is 1. The maximum Gasteiger partial charge on any atom is 0.335 e. The number of phenols is 1. The maximum absolute atomic E-state index is 13.8. The third-order valence-corrected chi connectivity index (χ3v) is 9.76. The van der Waals surface area contributed by atoms with Gasteiger partial charge in [0.05, 0.1) is 35.5 Å². The molecule has 1 amide bonds. The average molecular weight is 630 g/mol. The number of rotatable bonds is 6. The van der Waals surface area contributed by atoms with Crippen LogP contribution < -0.4 is 0 Å². The molecule has 47 heavy (non-hydrogen) atoms. The normalized spacial score (nSPS) is 16.0. The number of phenolic OH excluding ortho intramolecular Hbond substituents is 1. The summed E-state index contributed by atoms with van der Waals surface area (Å²) in [7, 11) is 0. The summed E-state index contributed by atoms with van der Waals surface area (Å²) in [6.07, 6.45) is 5.59. The number of ether oxygens (including phenoxy) is 1. The zero-order chi connectivity index (χ0) is 32.1.